The van der Waals surface area contributed by atoms with Crippen LogP contribution in [0.25, 0.3) is 5.82 Å². The van der Waals surface area contributed by atoms with Gasteiger partial charge in [-0.25, -0.2) is 0 Å². The number of hydrogen-bond donors (Lipinski definition) is 0. The van der Waals surface area contributed by atoms with Crippen molar-refractivity contribution < 1.29 is 27.5 Å². The normalized spacial score (nSPS) is 16.3. The van der Waals surface area contributed by atoms with Gasteiger partial charge in [-0.15, -0.1) is 0 Å². The maximum Gasteiger partial charge on any atom is 0.471 e. The van der Waals surface area contributed by atoms with Crippen molar-refractivity contribution in [1.29, 1.82) is 5.26 Å². The molecule has 0 spiro atoms. The Kier molecular flexibility index (Phi) is 6.31. The number of anilines is 1. The maximum absolute atomic E-state index is 13.5. The number of nitriles is 1. The summed E-state index contributed by atoms with van der Waals surface area (Å²) >= 11 is 6.46. The van der Waals surface area contributed by atoms with E-state index in [9.17, 15) is 28.0 Å². The van der Waals surface area contributed by atoms with Crippen LogP contribution in [0.15, 0.2) is 6.20 Å². The van der Waals surface area contributed by atoms with E-state index in [0.29, 0.717) is 18.7 Å². The SMILES string of the molecule is N#Cc1cnn(-c2nn3c(c2Cl)CCCC3)c1N(CC(=O)N1CCOCC1)C(=O)C(F)(F)F. The van der Waals surface area contributed by atoms with Crippen molar-refractivity contribution in [3.8, 4) is 11.9 Å². The van der Waals surface area contributed by atoms with Crippen molar-refractivity contribution >= 4 is 29.2 Å². The van der Waals surface area contributed by atoms with Crippen LogP contribution in [0.3, 0.4) is 0 Å². The summed E-state index contributed by atoms with van der Waals surface area (Å²) in [6, 6.07) is 1.74. The monoisotopic (exact) mass is 485 g/mol. The second-order valence-electron chi connectivity index (χ2n) is 7.55. The van der Waals surface area contributed by atoms with E-state index in [-0.39, 0.29) is 47.6 Å². The highest BCUT2D eigenvalue weighted by Gasteiger charge is 2.46. The molecule has 4 heterocycles. The number of ether oxygens (including phenoxy) is 1. The zero-order chi connectivity index (χ0) is 23.8. The lowest BCUT2D eigenvalue weighted by atomic mass is 10.1. The molecular formula is C19H19ClF3N7O3. The van der Waals surface area contributed by atoms with Crippen LogP contribution < -0.4 is 4.90 Å². The average Bonchev–Trinajstić information content (AvgIpc) is 3.37. The Morgan fingerprint density at radius 2 is 1.97 bits per heavy atom. The number of carbonyl (C=O) groups is 2. The van der Waals surface area contributed by atoms with Crippen LogP contribution in [0.2, 0.25) is 5.02 Å². The summed E-state index contributed by atoms with van der Waals surface area (Å²) in [6.45, 7) is 0.446. The Bertz CT molecular complexity index is 1120. The minimum atomic E-state index is -5.30. The Morgan fingerprint density at radius 3 is 2.61 bits per heavy atom. The molecule has 176 valence electrons. The summed E-state index contributed by atoms with van der Waals surface area (Å²) in [7, 11) is 0. The summed E-state index contributed by atoms with van der Waals surface area (Å²) < 4.78 is 48.3. The molecule has 2 aliphatic heterocycles. The minimum absolute atomic E-state index is 0.0103. The van der Waals surface area contributed by atoms with Crippen molar-refractivity contribution in [2.24, 2.45) is 0 Å². The zero-order valence-electron chi connectivity index (χ0n) is 17.3. The average molecular weight is 486 g/mol. The molecule has 1 saturated heterocycles. The van der Waals surface area contributed by atoms with Crippen LogP contribution in [0.5, 0.6) is 0 Å². The number of carbonyl (C=O) groups excluding carboxylic acids is 2. The fourth-order valence-corrected chi connectivity index (χ4v) is 4.16. The Balaban J connectivity index is 1.79. The molecule has 0 aliphatic carbocycles. The van der Waals surface area contributed by atoms with Crippen molar-refractivity contribution in [2.45, 2.75) is 32.0 Å². The van der Waals surface area contributed by atoms with Gasteiger partial charge in [-0.3, -0.25) is 19.2 Å². The van der Waals surface area contributed by atoms with Gasteiger partial charge in [0.1, 0.15) is 23.2 Å². The third kappa shape index (κ3) is 4.40. The van der Waals surface area contributed by atoms with Crippen LogP contribution >= 0.6 is 11.6 Å². The summed E-state index contributed by atoms with van der Waals surface area (Å²) in [5.74, 6) is -3.55. The van der Waals surface area contributed by atoms with E-state index in [1.807, 2.05) is 0 Å². The topological polar surface area (TPSA) is 109 Å². The lowest BCUT2D eigenvalue weighted by Gasteiger charge is -2.30. The number of fused-ring (bicyclic) bond motifs is 1. The molecule has 2 amide bonds. The molecule has 4 rings (SSSR count). The molecule has 2 aromatic heterocycles. The van der Waals surface area contributed by atoms with Gasteiger partial charge in [0.25, 0.3) is 0 Å². The number of nitrogens with zero attached hydrogens (tertiary/aromatic N) is 7. The summed E-state index contributed by atoms with van der Waals surface area (Å²) in [6.07, 6.45) is -1.95. The van der Waals surface area contributed by atoms with E-state index in [4.69, 9.17) is 16.3 Å². The third-order valence-corrected chi connectivity index (χ3v) is 5.86. The lowest BCUT2D eigenvalue weighted by Crippen LogP contribution is -2.50. The fraction of sp³-hybridized carbons (Fsp3) is 0.526. The van der Waals surface area contributed by atoms with Crippen LogP contribution in [-0.4, -0.2) is 75.3 Å². The first-order valence-electron chi connectivity index (χ1n) is 10.2. The van der Waals surface area contributed by atoms with E-state index < -0.39 is 30.4 Å². The van der Waals surface area contributed by atoms with Gasteiger partial charge in [-0.05, 0) is 19.3 Å². The highest BCUT2D eigenvalue weighted by molar-refractivity contribution is 6.33. The predicted molar refractivity (Wildman–Crippen MR) is 108 cm³/mol. The van der Waals surface area contributed by atoms with Crippen LogP contribution in [0.4, 0.5) is 19.0 Å². The Labute approximate surface area is 191 Å². The highest BCUT2D eigenvalue weighted by atomic mass is 35.5. The first kappa shape index (κ1) is 23.1. The minimum Gasteiger partial charge on any atom is -0.378 e. The summed E-state index contributed by atoms with van der Waals surface area (Å²) in [5.41, 5.74) is 0.361. The number of amides is 2. The standard InChI is InChI=1S/C19H19ClF3N7O3/c20-15-13-3-1-2-4-29(13)26-16(15)30-17(12(9-24)10-25-30)28(18(32)19(21,22)23)11-14(31)27-5-7-33-8-6-27/h10H,1-8,11H2. The van der Waals surface area contributed by atoms with Crippen LogP contribution in [-0.2, 0) is 27.3 Å². The predicted octanol–water partition coefficient (Wildman–Crippen LogP) is 1.68. The smallest absolute Gasteiger partial charge is 0.378 e. The highest BCUT2D eigenvalue weighted by Crippen LogP contribution is 2.33. The first-order valence-corrected chi connectivity index (χ1v) is 10.6. The molecule has 0 N–H and O–H groups in total. The molecule has 0 atom stereocenters. The molecular weight excluding hydrogens is 467 g/mol. The lowest BCUT2D eigenvalue weighted by molar-refractivity contribution is -0.170. The van der Waals surface area contributed by atoms with Gasteiger partial charge in [-0.1, -0.05) is 11.6 Å². The van der Waals surface area contributed by atoms with Gasteiger partial charge in [0.15, 0.2) is 11.6 Å². The molecule has 2 aliphatic rings. The van der Waals surface area contributed by atoms with Crippen LogP contribution in [0.1, 0.15) is 24.1 Å². The van der Waals surface area contributed by atoms with E-state index in [0.717, 1.165) is 23.7 Å². The van der Waals surface area contributed by atoms with Crippen LogP contribution in [0, 0.1) is 11.3 Å². The number of morpholine rings is 1. The van der Waals surface area contributed by atoms with Crippen molar-refractivity contribution in [2.75, 3.05) is 37.7 Å². The van der Waals surface area contributed by atoms with Gasteiger partial charge in [0, 0.05) is 19.6 Å². The van der Waals surface area contributed by atoms with E-state index in [1.54, 1.807) is 10.8 Å². The van der Waals surface area contributed by atoms with Gasteiger partial charge in [0.2, 0.25) is 5.91 Å². The molecule has 0 aromatic carbocycles. The molecule has 2 aromatic rings. The van der Waals surface area contributed by atoms with E-state index >= 15 is 0 Å². The maximum atomic E-state index is 13.5. The largest absolute Gasteiger partial charge is 0.471 e. The number of rotatable bonds is 4. The Hall–Kier alpha value is -3.11. The van der Waals surface area contributed by atoms with Gasteiger partial charge >= 0.3 is 12.1 Å². The third-order valence-electron chi connectivity index (χ3n) is 5.48. The first-order chi connectivity index (χ1) is 15.7. The van der Waals surface area contributed by atoms with E-state index in [2.05, 4.69) is 10.2 Å². The van der Waals surface area contributed by atoms with Crippen molar-refractivity contribution in [1.82, 2.24) is 24.5 Å². The van der Waals surface area contributed by atoms with Crippen molar-refractivity contribution in [3.05, 3.63) is 22.5 Å². The number of aromatic nitrogens is 4. The molecule has 1 fully saturated rings. The number of alkyl halides is 3. The summed E-state index contributed by atoms with van der Waals surface area (Å²) in [4.78, 5) is 26.7. The number of halogens is 4. The second kappa shape index (κ2) is 9.03. The fourth-order valence-electron chi connectivity index (χ4n) is 3.85. The molecule has 14 heteroatoms. The summed E-state index contributed by atoms with van der Waals surface area (Å²) in [5, 5.41) is 18.0. The second-order valence-corrected chi connectivity index (χ2v) is 7.93. The van der Waals surface area contributed by atoms with Gasteiger partial charge < -0.3 is 9.64 Å². The Morgan fingerprint density at radius 1 is 1.24 bits per heavy atom. The quantitative estimate of drug-likeness (QED) is 0.652. The number of aryl methyl sites for hydroxylation is 1. The molecule has 10 nitrogen and oxygen atoms in total. The number of hydrogen-bond acceptors (Lipinski definition) is 6. The molecule has 33 heavy (non-hydrogen) atoms. The zero-order valence-corrected chi connectivity index (χ0v) is 18.1. The van der Waals surface area contributed by atoms with Crippen molar-refractivity contribution in [3.63, 3.8) is 0 Å². The van der Waals surface area contributed by atoms with E-state index in [1.165, 1.54) is 4.90 Å². The molecule has 0 radical (unpaired) electrons. The van der Waals surface area contributed by atoms with Gasteiger partial charge in [0.05, 0.1) is 25.1 Å². The molecule has 0 unspecified atom stereocenters. The molecule has 0 bridgehead atoms. The molecule has 0 saturated carbocycles. The van der Waals surface area contributed by atoms with Gasteiger partial charge in [-0.2, -0.15) is 33.3 Å².